The summed E-state index contributed by atoms with van der Waals surface area (Å²) in [6, 6.07) is 3.85. The number of methoxy groups -OCH3 is 1. The second kappa shape index (κ2) is 8.24. The number of hydrogen-bond acceptors (Lipinski definition) is 5. The molecule has 0 atom stereocenters. The standard InChI is InChI=1S/C14H26N2O3S2/c1-11(2)15-10-13-6-7-14(20-13)21(17,18)16(12(3)4)8-9-19-5/h6-7,11-12,15H,8-10H2,1-5H3. The minimum absolute atomic E-state index is 0.0931. The fourth-order valence-corrected chi connectivity index (χ4v) is 4.91. The second-order valence-corrected chi connectivity index (χ2v) is 8.74. The van der Waals surface area contributed by atoms with Crippen LogP contribution in [0.3, 0.4) is 0 Å². The number of ether oxygens (including phenoxy) is 1. The van der Waals surface area contributed by atoms with Crippen molar-refractivity contribution in [3.8, 4) is 0 Å². The van der Waals surface area contributed by atoms with Gasteiger partial charge in [-0.2, -0.15) is 4.31 Å². The molecule has 1 aromatic heterocycles. The quantitative estimate of drug-likeness (QED) is 0.753. The lowest BCUT2D eigenvalue weighted by Crippen LogP contribution is -2.38. The summed E-state index contributed by atoms with van der Waals surface area (Å²) in [5.41, 5.74) is 0. The van der Waals surface area contributed by atoms with Crippen LogP contribution >= 0.6 is 11.3 Å². The van der Waals surface area contributed by atoms with Crippen LogP contribution in [0.1, 0.15) is 32.6 Å². The molecular weight excluding hydrogens is 308 g/mol. The van der Waals surface area contributed by atoms with E-state index in [0.717, 1.165) is 4.88 Å². The zero-order valence-electron chi connectivity index (χ0n) is 13.4. The summed E-state index contributed by atoms with van der Waals surface area (Å²) in [6.45, 7) is 9.34. The van der Waals surface area contributed by atoms with Crippen LogP contribution in [0.2, 0.25) is 0 Å². The first-order valence-corrected chi connectivity index (χ1v) is 9.37. The molecule has 0 fully saturated rings. The van der Waals surface area contributed by atoms with Crippen molar-refractivity contribution >= 4 is 21.4 Å². The number of nitrogens with zero attached hydrogens (tertiary/aromatic N) is 1. The van der Waals surface area contributed by atoms with E-state index in [9.17, 15) is 8.42 Å². The van der Waals surface area contributed by atoms with E-state index in [1.807, 2.05) is 19.9 Å². The van der Waals surface area contributed by atoms with Gasteiger partial charge in [-0.15, -0.1) is 11.3 Å². The number of hydrogen-bond donors (Lipinski definition) is 1. The number of thiophene rings is 1. The minimum Gasteiger partial charge on any atom is -0.383 e. The van der Waals surface area contributed by atoms with Gasteiger partial charge in [0.25, 0.3) is 10.0 Å². The number of rotatable bonds is 9. The highest BCUT2D eigenvalue weighted by molar-refractivity contribution is 7.91. The van der Waals surface area contributed by atoms with Gasteiger partial charge < -0.3 is 10.1 Å². The maximum absolute atomic E-state index is 12.7. The molecule has 1 aromatic rings. The summed E-state index contributed by atoms with van der Waals surface area (Å²) in [6.07, 6.45) is 0. The van der Waals surface area contributed by atoms with Crippen LogP contribution in [-0.4, -0.2) is 45.1 Å². The first kappa shape index (κ1) is 18.6. The Hall–Kier alpha value is -0.470. The van der Waals surface area contributed by atoms with Crippen molar-refractivity contribution in [2.24, 2.45) is 0 Å². The highest BCUT2D eigenvalue weighted by atomic mass is 32.2. The highest BCUT2D eigenvalue weighted by Gasteiger charge is 2.28. The predicted molar refractivity (Wildman–Crippen MR) is 87.2 cm³/mol. The molecular formula is C14H26N2O3S2. The fraction of sp³-hybridized carbons (Fsp3) is 0.714. The summed E-state index contributed by atoms with van der Waals surface area (Å²) in [5, 5.41) is 3.29. The van der Waals surface area contributed by atoms with Gasteiger partial charge in [0.05, 0.1) is 6.61 Å². The lowest BCUT2D eigenvalue weighted by atomic mass is 10.4. The largest absolute Gasteiger partial charge is 0.383 e. The van der Waals surface area contributed by atoms with Gasteiger partial charge in [0.2, 0.25) is 0 Å². The maximum Gasteiger partial charge on any atom is 0.252 e. The summed E-state index contributed by atoms with van der Waals surface area (Å²) in [4.78, 5) is 1.03. The van der Waals surface area contributed by atoms with Gasteiger partial charge in [-0.1, -0.05) is 13.8 Å². The van der Waals surface area contributed by atoms with Crippen LogP contribution < -0.4 is 5.32 Å². The predicted octanol–water partition coefficient (Wildman–Crippen LogP) is 2.29. The Morgan fingerprint density at radius 2 is 1.95 bits per heavy atom. The Morgan fingerprint density at radius 3 is 2.48 bits per heavy atom. The van der Waals surface area contributed by atoms with E-state index < -0.39 is 10.0 Å². The normalized spacial score (nSPS) is 12.8. The molecule has 21 heavy (non-hydrogen) atoms. The molecule has 0 aliphatic heterocycles. The van der Waals surface area contributed by atoms with Crippen molar-refractivity contribution in [3.05, 3.63) is 17.0 Å². The molecule has 1 heterocycles. The van der Waals surface area contributed by atoms with Crippen molar-refractivity contribution in [3.63, 3.8) is 0 Å². The molecule has 0 unspecified atom stereocenters. The summed E-state index contributed by atoms with van der Waals surface area (Å²) in [5.74, 6) is 0. The number of sulfonamides is 1. The van der Waals surface area contributed by atoms with Crippen LogP contribution in [-0.2, 0) is 21.3 Å². The Balaban J connectivity index is 2.89. The average Bonchev–Trinajstić information content (AvgIpc) is 2.85. The third kappa shape index (κ3) is 5.34. The van der Waals surface area contributed by atoms with Crippen LogP contribution in [0, 0.1) is 0 Å². The third-order valence-electron chi connectivity index (χ3n) is 2.98. The van der Waals surface area contributed by atoms with E-state index in [2.05, 4.69) is 19.2 Å². The highest BCUT2D eigenvalue weighted by Crippen LogP contribution is 2.26. The smallest absolute Gasteiger partial charge is 0.252 e. The third-order valence-corrected chi connectivity index (χ3v) is 6.60. The molecule has 0 bridgehead atoms. The monoisotopic (exact) mass is 334 g/mol. The molecule has 1 N–H and O–H groups in total. The van der Waals surface area contributed by atoms with Gasteiger partial charge >= 0.3 is 0 Å². The van der Waals surface area contributed by atoms with Crippen molar-refractivity contribution in [2.75, 3.05) is 20.3 Å². The van der Waals surface area contributed by atoms with Gasteiger partial charge in [-0.3, -0.25) is 0 Å². The maximum atomic E-state index is 12.7. The molecule has 5 nitrogen and oxygen atoms in total. The average molecular weight is 335 g/mol. The van der Waals surface area contributed by atoms with E-state index in [4.69, 9.17) is 4.74 Å². The van der Waals surface area contributed by atoms with Gasteiger partial charge in [0, 0.05) is 37.2 Å². The molecule has 122 valence electrons. The molecule has 1 rings (SSSR count). The molecule has 7 heteroatoms. The molecule has 0 aliphatic rings. The topological polar surface area (TPSA) is 58.6 Å². The van der Waals surface area contributed by atoms with Crippen molar-refractivity contribution in [1.29, 1.82) is 0 Å². The molecule has 0 spiro atoms. The fourth-order valence-electron chi connectivity index (χ4n) is 1.85. The van der Waals surface area contributed by atoms with E-state index in [-0.39, 0.29) is 6.04 Å². The van der Waals surface area contributed by atoms with Gasteiger partial charge in [-0.25, -0.2) is 8.42 Å². The molecule has 0 radical (unpaired) electrons. The van der Waals surface area contributed by atoms with Crippen LogP contribution in [0.5, 0.6) is 0 Å². The Bertz CT molecular complexity index is 524. The summed E-state index contributed by atoms with van der Waals surface area (Å²) < 4.78 is 32.3. The lowest BCUT2D eigenvalue weighted by Gasteiger charge is -2.24. The molecule has 0 saturated carbocycles. The summed E-state index contributed by atoms with van der Waals surface area (Å²) in [7, 11) is -1.87. The van der Waals surface area contributed by atoms with E-state index in [1.165, 1.54) is 15.6 Å². The second-order valence-electron chi connectivity index (χ2n) is 5.46. The molecule has 0 amide bonds. The van der Waals surface area contributed by atoms with Crippen LogP contribution in [0.15, 0.2) is 16.3 Å². The van der Waals surface area contributed by atoms with Gasteiger partial charge in [0.15, 0.2) is 0 Å². The van der Waals surface area contributed by atoms with E-state index in [1.54, 1.807) is 13.2 Å². The van der Waals surface area contributed by atoms with Crippen molar-refractivity contribution < 1.29 is 13.2 Å². The first-order valence-electron chi connectivity index (χ1n) is 7.12. The number of nitrogens with one attached hydrogen (secondary N) is 1. The zero-order valence-corrected chi connectivity index (χ0v) is 15.1. The van der Waals surface area contributed by atoms with E-state index in [0.29, 0.717) is 29.9 Å². The van der Waals surface area contributed by atoms with Gasteiger partial charge in [0.1, 0.15) is 4.21 Å². The summed E-state index contributed by atoms with van der Waals surface area (Å²) >= 11 is 1.33. The van der Waals surface area contributed by atoms with Crippen molar-refractivity contribution in [2.45, 2.75) is 50.5 Å². The minimum atomic E-state index is -3.45. The van der Waals surface area contributed by atoms with Gasteiger partial charge in [-0.05, 0) is 26.0 Å². The molecule has 0 aliphatic carbocycles. The van der Waals surface area contributed by atoms with Crippen molar-refractivity contribution in [1.82, 2.24) is 9.62 Å². The SMILES string of the molecule is COCCN(C(C)C)S(=O)(=O)c1ccc(CNC(C)C)s1. The first-order chi connectivity index (χ1) is 9.78. The van der Waals surface area contributed by atoms with E-state index >= 15 is 0 Å². The Morgan fingerprint density at radius 1 is 1.29 bits per heavy atom. The zero-order chi connectivity index (χ0) is 16.0. The van der Waals surface area contributed by atoms with Crippen LogP contribution in [0.4, 0.5) is 0 Å². The Kier molecular flexibility index (Phi) is 7.29. The lowest BCUT2D eigenvalue weighted by molar-refractivity contribution is 0.171. The molecule has 0 saturated heterocycles. The van der Waals surface area contributed by atoms with Crippen LogP contribution in [0.25, 0.3) is 0 Å². The molecule has 0 aromatic carbocycles. The Labute approximate surface area is 132 Å².